The van der Waals surface area contributed by atoms with Crippen molar-refractivity contribution in [2.45, 2.75) is 40.2 Å². The Morgan fingerprint density at radius 2 is 2.39 bits per heavy atom. The van der Waals surface area contributed by atoms with Gasteiger partial charge in [0.2, 0.25) is 0 Å². The van der Waals surface area contributed by atoms with Gasteiger partial charge in [-0.15, -0.1) is 0 Å². The molecule has 1 aliphatic heterocycles. The second-order valence-corrected chi connectivity index (χ2v) is 5.18. The molecule has 2 heterocycles. The number of Topliss-reactive ketones (excluding diaryl/α,β-unsaturated/α-hetero) is 1. The number of nitrogens with zero attached hydrogens (tertiary/aromatic N) is 2. The highest BCUT2D eigenvalue weighted by molar-refractivity contribution is 5.83. The van der Waals surface area contributed by atoms with Crippen molar-refractivity contribution in [2.24, 2.45) is 11.8 Å². The summed E-state index contributed by atoms with van der Waals surface area (Å²) in [6, 6.07) is 2.02. The Kier molecular flexibility index (Phi) is 4.17. The highest BCUT2D eigenvalue weighted by Crippen LogP contribution is 2.23. The number of ether oxygens (including phenoxy) is 1. The molecular weight excluding hydrogens is 228 g/mol. The van der Waals surface area contributed by atoms with Gasteiger partial charge in [0, 0.05) is 37.8 Å². The number of ketones is 1. The lowest BCUT2D eigenvalue weighted by atomic mass is 9.84. The van der Waals surface area contributed by atoms with E-state index >= 15 is 0 Å². The van der Waals surface area contributed by atoms with Gasteiger partial charge in [-0.2, -0.15) is 5.10 Å². The van der Waals surface area contributed by atoms with Crippen LogP contribution in [-0.2, 0) is 22.5 Å². The van der Waals surface area contributed by atoms with Crippen molar-refractivity contribution in [3.63, 3.8) is 0 Å². The van der Waals surface area contributed by atoms with Crippen LogP contribution in [0.25, 0.3) is 0 Å². The molecule has 0 aliphatic carbocycles. The van der Waals surface area contributed by atoms with Gasteiger partial charge in [0.05, 0.1) is 5.69 Å². The molecule has 1 saturated heterocycles. The Morgan fingerprint density at radius 3 is 3.06 bits per heavy atom. The SMILES string of the molecule is CCn1nc(C)cc1CC(=O)C1CCOCC1C. The van der Waals surface area contributed by atoms with Gasteiger partial charge in [-0.25, -0.2) is 0 Å². The smallest absolute Gasteiger partial charge is 0.142 e. The Hall–Kier alpha value is -1.16. The topological polar surface area (TPSA) is 44.1 Å². The lowest BCUT2D eigenvalue weighted by molar-refractivity contribution is -0.127. The fourth-order valence-electron chi connectivity index (χ4n) is 2.68. The number of carbonyl (C=O) groups excluding carboxylic acids is 1. The minimum absolute atomic E-state index is 0.152. The second-order valence-electron chi connectivity index (χ2n) is 5.18. The number of carbonyl (C=O) groups is 1. The van der Waals surface area contributed by atoms with Crippen molar-refractivity contribution in [3.05, 3.63) is 17.5 Å². The van der Waals surface area contributed by atoms with Gasteiger partial charge in [-0.1, -0.05) is 6.92 Å². The van der Waals surface area contributed by atoms with E-state index in [0.29, 0.717) is 31.3 Å². The van der Waals surface area contributed by atoms with Crippen LogP contribution in [0.5, 0.6) is 0 Å². The molecule has 1 aromatic heterocycles. The zero-order valence-corrected chi connectivity index (χ0v) is 11.5. The van der Waals surface area contributed by atoms with Gasteiger partial charge in [0.15, 0.2) is 0 Å². The van der Waals surface area contributed by atoms with Crippen LogP contribution in [-0.4, -0.2) is 28.8 Å². The number of rotatable bonds is 4. The third kappa shape index (κ3) is 2.80. The van der Waals surface area contributed by atoms with E-state index < -0.39 is 0 Å². The Labute approximate surface area is 108 Å². The maximum absolute atomic E-state index is 12.4. The molecule has 0 amide bonds. The zero-order valence-electron chi connectivity index (χ0n) is 11.5. The molecule has 0 saturated carbocycles. The van der Waals surface area contributed by atoms with E-state index in [4.69, 9.17) is 4.74 Å². The van der Waals surface area contributed by atoms with Crippen molar-refractivity contribution in [1.82, 2.24) is 9.78 Å². The highest BCUT2D eigenvalue weighted by Gasteiger charge is 2.28. The number of hydrogen-bond acceptors (Lipinski definition) is 3. The van der Waals surface area contributed by atoms with Crippen LogP contribution >= 0.6 is 0 Å². The van der Waals surface area contributed by atoms with Crippen molar-refractivity contribution in [1.29, 1.82) is 0 Å². The van der Waals surface area contributed by atoms with Crippen LogP contribution in [0.1, 0.15) is 31.7 Å². The van der Waals surface area contributed by atoms with Crippen LogP contribution in [0.4, 0.5) is 0 Å². The van der Waals surface area contributed by atoms with Gasteiger partial charge >= 0.3 is 0 Å². The predicted octanol–water partition coefficient (Wildman–Crippen LogP) is 2.00. The van der Waals surface area contributed by atoms with Gasteiger partial charge in [-0.05, 0) is 32.3 Å². The fraction of sp³-hybridized carbons (Fsp3) is 0.714. The van der Waals surface area contributed by atoms with Crippen molar-refractivity contribution in [3.8, 4) is 0 Å². The Morgan fingerprint density at radius 1 is 1.61 bits per heavy atom. The molecule has 2 atom stereocenters. The molecule has 0 bridgehead atoms. The highest BCUT2D eigenvalue weighted by atomic mass is 16.5. The number of aryl methyl sites for hydroxylation is 2. The third-order valence-corrected chi connectivity index (χ3v) is 3.69. The number of aromatic nitrogens is 2. The van der Waals surface area contributed by atoms with Crippen LogP contribution in [0.2, 0.25) is 0 Å². The summed E-state index contributed by atoms with van der Waals surface area (Å²) >= 11 is 0. The molecule has 0 N–H and O–H groups in total. The van der Waals surface area contributed by atoms with Crippen molar-refractivity contribution >= 4 is 5.78 Å². The first-order valence-corrected chi connectivity index (χ1v) is 6.75. The average Bonchev–Trinajstić information content (AvgIpc) is 2.70. The summed E-state index contributed by atoms with van der Waals surface area (Å²) in [7, 11) is 0. The summed E-state index contributed by atoms with van der Waals surface area (Å²) < 4.78 is 7.32. The Balaban J connectivity index is 2.05. The van der Waals surface area contributed by atoms with Gasteiger partial charge < -0.3 is 4.74 Å². The number of hydrogen-bond donors (Lipinski definition) is 0. The normalized spacial score (nSPS) is 24.2. The monoisotopic (exact) mass is 250 g/mol. The maximum Gasteiger partial charge on any atom is 0.142 e. The summed E-state index contributed by atoms with van der Waals surface area (Å²) in [6.45, 7) is 8.37. The molecule has 1 fully saturated rings. The van der Waals surface area contributed by atoms with E-state index in [0.717, 1.165) is 24.4 Å². The van der Waals surface area contributed by atoms with Crippen LogP contribution in [0.15, 0.2) is 6.07 Å². The lowest BCUT2D eigenvalue weighted by Crippen LogP contribution is -2.32. The molecule has 0 radical (unpaired) electrons. The van der Waals surface area contributed by atoms with E-state index in [1.165, 1.54) is 0 Å². The molecule has 0 aromatic carbocycles. The molecular formula is C14H22N2O2. The van der Waals surface area contributed by atoms with E-state index in [-0.39, 0.29) is 5.92 Å². The standard InChI is InChI=1S/C14H22N2O2/c1-4-16-12(7-11(3)15-16)8-14(17)13-5-6-18-9-10(13)2/h7,10,13H,4-6,8-9H2,1-3H3. The second kappa shape index (κ2) is 5.65. The quantitative estimate of drug-likeness (QED) is 0.821. The van der Waals surface area contributed by atoms with E-state index in [1.807, 2.05) is 17.7 Å². The molecule has 2 rings (SSSR count). The van der Waals surface area contributed by atoms with Crippen molar-refractivity contribution < 1.29 is 9.53 Å². The zero-order chi connectivity index (χ0) is 13.1. The first kappa shape index (κ1) is 13.3. The minimum atomic E-state index is 0.152. The van der Waals surface area contributed by atoms with E-state index in [2.05, 4.69) is 18.9 Å². The van der Waals surface area contributed by atoms with Gasteiger partial charge in [0.1, 0.15) is 5.78 Å². The minimum Gasteiger partial charge on any atom is -0.381 e. The maximum atomic E-state index is 12.4. The molecule has 1 aromatic rings. The largest absolute Gasteiger partial charge is 0.381 e. The summed E-state index contributed by atoms with van der Waals surface area (Å²) in [5, 5.41) is 4.39. The predicted molar refractivity (Wildman–Crippen MR) is 69.4 cm³/mol. The first-order chi connectivity index (χ1) is 8.61. The average molecular weight is 250 g/mol. The van der Waals surface area contributed by atoms with E-state index in [9.17, 15) is 4.79 Å². The van der Waals surface area contributed by atoms with Crippen molar-refractivity contribution in [2.75, 3.05) is 13.2 Å². The third-order valence-electron chi connectivity index (χ3n) is 3.69. The molecule has 4 heteroatoms. The van der Waals surface area contributed by atoms with Crippen LogP contribution < -0.4 is 0 Å². The van der Waals surface area contributed by atoms with Gasteiger partial charge in [-0.3, -0.25) is 9.48 Å². The van der Waals surface area contributed by atoms with Gasteiger partial charge in [0.25, 0.3) is 0 Å². The molecule has 100 valence electrons. The lowest BCUT2D eigenvalue weighted by Gasteiger charge is -2.27. The molecule has 18 heavy (non-hydrogen) atoms. The molecule has 0 spiro atoms. The summed E-state index contributed by atoms with van der Waals surface area (Å²) in [4.78, 5) is 12.4. The van der Waals surface area contributed by atoms with E-state index in [1.54, 1.807) is 0 Å². The summed E-state index contributed by atoms with van der Waals surface area (Å²) in [6.07, 6.45) is 1.36. The van der Waals surface area contributed by atoms with Crippen LogP contribution in [0, 0.1) is 18.8 Å². The molecule has 4 nitrogen and oxygen atoms in total. The Bertz CT molecular complexity index is 425. The van der Waals surface area contributed by atoms with Crippen LogP contribution in [0.3, 0.4) is 0 Å². The molecule has 2 unspecified atom stereocenters. The first-order valence-electron chi connectivity index (χ1n) is 6.75. The fourth-order valence-corrected chi connectivity index (χ4v) is 2.68. The summed E-state index contributed by atoms with van der Waals surface area (Å²) in [5.74, 6) is 0.824. The summed E-state index contributed by atoms with van der Waals surface area (Å²) in [5.41, 5.74) is 2.03. The molecule has 1 aliphatic rings.